The van der Waals surface area contributed by atoms with E-state index in [0.717, 1.165) is 0 Å². The van der Waals surface area contributed by atoms with Crippen molar-refractivity contribution < 1.29 is 14.3 Å². The molecule has 8 heteroatoms. The predicted octanol–water partition coefficient (Wildman–Crippen LogP) is 1.24. The molecule has 3 N–H and O–H groups in total. The van der Waals surface area contributed by atoms with Gasteiger partial charge in [0.15, 0.2) is 18.1 Å². The molecule has 0 aliphatic rings. The van der Waals surface area contributed by atoms with Crippen LogP contribution >= 0.6 is 0 Å². The van der Waals surface area contributed by atoms with Gasteiger partial charge >= 0.3 is 11.1 Å². The van der Waals surface area contributed by atoms with Crippen LogP contribution in [0.4, 0.5) is 5.69 Å². The third kappa shape index (κ3) is 3.69. The highest BCUT2D eigenvalue weighted by Crippen LogP contribution is 2.25. The number of methoxy groups -OCH3 is 1. The molecule has 1 aromatic heterocycles. The van der Waals surface area contributed by atoms with Crippen LogP contribution < -0.4 is 25.9 Å². The number of anilines is 1. The van der Waals surface area contributed by atoms with Gasteiger partial charge in [-0.25, -0.2) is 0 Å². The van der Waals surface area contributed by atoms with Gasteiger partial charge in [0.2, 0.25) is 0 Å². The second kappa shape index (κ2) is 6.91. The number of hydrogen-bond acceptors (Lipinski definition) is 5. The molecule has 128 valence electrons. The Morgan fingerprint density at radius 1 is 1.00 bits per heavy atom. The summed E-state index contributed by atoms with van der Waals surface area (Å²) in [5, 5.41) is 2.66. The van der Waals surface area contributed by atoms with Gasteiger partial charge in [-0.2, -0.15) is 0 Å². The zero-order valence-corrected chi connectivity index (χ0v) is 13.3. The molecule has 0 spiro atoms. The number of fused-ring (bicyclic) bond motifs is 1. The standard InChI is InChI=1S/C17H15N3O5/c1-24-13-4-2-3-5-14(13)25-9-15(21)18-10-6-7-11-12(8-10)20-17(23)16(22)19-11/h2-8H,9H2,1H3,(H,18,21)(H,19,22)(H,20,23). The fourth-order valence-corrected chi connectivity index (χ4v) is 2.27. The summed E-state index contributed by atoms with van der Waals surface area (Å²) in [6.07, 6.45) is 0. The fourth-order valence-electron chi connectivity index (χ4n) is 2.27. The van der Waals surface area contributed by atoms with Gasteiger partial charge in [-0.1, -0.05) is 12.1 Å². The summed E-state index contributed by atoms with van der Waals surface area (Å²) in [7, 11) is 1.52. The van der Waals surface area contributed by atoms with Crippen molar-refractivity contribution in [1.29, 1.82) is 0 Å². The number of carbonyl (C=O) groups is 1. The molecule has 0 radical (unpaired) electrons. The number of ether oxygens (including phenoxy) is 2. The lowest BCUT2D eigenvalue weighted by Gasteiger charge is -2.10. The second-order valence-corrected chi connectivity index (χ2v) is 5.16. The van der Waals surface area contributed by atoms with Crippen molar-refractivity contribution in [3.63, 3.8) is 0 Å². The highest BCUT2D eigenvalue weighted by atomic mass is 16.5. The molecule has 1 amide bonds. The first-order chi connectivity index (χ1) is 12.1. The summed E-state index contributed by atoms with van der Waals surface area (Å²) in [5.41, 5.74) is -0.144. The van der Waals surface area contributed by atoms with Gasteiger partial charge in [-0.05, 0) is 30.3 Å². The molecule has 0 aliphatic heterocycles. The lowest BCUT2D eigenvalue weighted by atomic mass is 10.2. The summed E-state index contributed by atoms with van der Waals surface area (Å²) in [6, 6.07) is 11.7. The van der Waals surface area contributed by atoms with Crippen molar-refractivity contribution in [2.75, 3.05) is 19.0 Å². The Labute approximate surface area is 141 Å². The van der Waals surface area contributed by atoms with Crippen LogP contribution in [0.3, 0.4) is 0 Å². The van der Waals surface area contributed by atoms with Crippen molar-refractivity contribution in [3.05, 3.63) is 63.2 Å². The topological polar surface area (TPSA) is 113 Å². The Hall–Kier alpha value is -3.55. The highest BCUT2D eigenvalue weighted by Gasteiger charge is 2.08. The molecule has 0 bridgehead atoms. The first-order valence-corrected chi connectivity index (χ1v) is 7.39. The molecule has 8 nitrogen and oxygen atoms in total. The Morgan fingerprint density at radius 2 is 1.68 bits per heavy atom. The van der Waals surface area contributed by atoms with Crippen molar-refractivity contribution in [2.45, 2.75) is 0 Å². The molecular formula is C17H15N3O5. The van der Waals surface area contributed by atoms with Crippen molar-refractivity contribution >= 4 is 22.6 Å². The van der Waals surface area contributed by atoms with Gasteiger partial charge in [0.1, 0.15) is 0 Å². The van der Waals surface area contributed by atoms with E-state index in [0.29, 0.717) is 28.2 Å². The van der Waals surface area contributed by atoms with E-state index in [4.69, 9.17) is 9.47 Å². The minimum atomic E-state index is -0.754. The Kier molecular flexibility index (Phi) is 4.51. The van der Waals surface area contributed by atoms with Gasteiger partial charge in [-0.15, -0.1) is 0 Å². The fraction of sp³-hybridized carbons (Fsp3) is 0.118. The van der Waals surface area contributed by atoms with Crippen molar-refractivity contribution in [3.8, 4) is 11.5 Å². The molecule has 0 saturated heterocycles. The average molecular weight is 341 g/mol. The summed E-state index contributed by atoms with van der Waals surface area (Å²) in [6.45, 7) is -0.208. The molecule has 3 rings (SSSR count). The number of benzene rings is 2. The number of carbonyl (C=O) groups excluding carboxylic acids is 1. The van der Waals surface area contributed by atoms with Gasteiger partial charge in [0.05, 0.1) is 18.1 Å². The van der Waals surface area contributed by atoms with Gasteiger partial charge in [0.25, 0.3) is 5.91 Å². The lowest BCUT2D eigenvalue weighted by Crippen LogP contribution is -2.29. The summed E-state index contributed by atoms with van der Waals surface area (Å²) >= 11 is 0. The van der Waals surface area contributed by atoms with Crippen molar-refractivity contribution in [1.82, 2.24) is 9.97 Å². The summed E-state index contributed by atoms with van der Waals surface area (Å²) in [4.78, 5) is 39.6. The minimum absolute atomic E-state index is 0.208. The molecule has 3 aromatic rings. The zero-order chi connectivity index (χ0) is 17.8. The number of nitrogens with one attached hydrogen (secondary N) is 3. The second-order valence-electron chi connectivity index (χ2n) is 5.16. The van der Waals surface area contributed by atoms with Gasteiger partial charge in [-0.3, -0.25) is 14.4 Å². The maximum absolute atomic E-state index is 12.0. The third-order valence-corrected chi connectivity index (χ3v) is 3.43. The van der Waals surface area contributed by atoms with E-state index in [-0.39, 0.29) is 12.5 Å². The van der Waals surface area contributed by atoms with E-state index in [2.05, 4.69) is 15.3 Å². The van der Waals surface area contributed by atoms with E-state index >= 15 is 0 Å². The maximum Gasteiger partial charge on any atom is 0.314 e. The average Bonchev–Trinajstić information content (AvgIpc) is 2.61. The van der Waals surface area contributed by atoms with E-state index in [1.54, 1.807) is 42.5 Å². The van der Waals surface area contributed by atoms with Crippen LogP contribution in [-0.4, -0.2) is 29.6 Å². The quantitative estimate of drug-likeness (QED) is 0.604. The van der Waals surface area contributed by atoms with E-state index in [9.17, 15) is 14.4 Å². The largest absolute Gasteiger partial charge is 0.493 e. The number of H-pyrrole nitrogens is 2. The van der Waals surface area contributed by atoms with Crippen LogP contribution in [0.25, 0.3) is 11.0 Å². The Morgan fingerprint density at radius 3 is 2.40 bits per heavy atom. The van der Waals surface area contributed by atoms with E-state index in [1.807, 2.05) is 0 Å². The highest BCUT2D eigenvalue weighted by molar-refractivity contribution is 5.93. The molecule has 1 heterocycles. The lowest BCUT2D eigenvalue weighted by molar-refractivity contribution is -0.118. The Balaban J connectivity index is 1.70. The van der Waals surface area contributed by atoms with E-state index in [1.165, 1.54) is 7.11 Å². The molecule has 25 heavy (non-hydrogen) atoms. The van der Waals surface area contributed by atoms with E-state index < -0.39 is 11.1 Å². The number of para-hydroxylation sites is 2. The minimum Gasteiger partial charge on any atom is -0.493 e. The van der Waals surface area contributed by atoms with Crippen LogP contribution in [-0.2, 0) is 4.79 Å². The normalized spacial score (nSPS) is 10.4. The number of aromatic nitrogens is 2. The smallest absolute Gasteiger partial charge is 0.314 e. The molecule has 0 fully saturated rings. The molecule has 0 saturated carbocycles. The van der Waals surface area contributed by atoms with Crippen LogP contribution in [0.15, 0.2) is 52.1 Å². The van der Waals surface area contributed by atoms with Crippen LogP contribution in [0.5, 0.6) is 11.5 Å². The molecule has 0 unspecified atom stereocenters. The zero-order valence-electron chi connectivity index (χ0n) is 13.3. The van der Waals surface area contributed by atoms with Crippen LogP contribution in [0.1, 0.15) is 0 Å². The predicted molar refractivity (Wildman–Crippen MR) is 92.3 cm³/mol. The monoisotopic (exact) mass is 341 g/mol. The Bertz CT molecular complexity index is 1040. The SMILES string of the molecule is COc1ccccc1OCC(=O)Nc1ccc2[nH]c(=O)c(=O)[nH]c2c1. The molecule has 2 aromatic carbocycles. The molecule has 0 aliphatic carbocycles. The molecular weight excluding hydrogens is 326 g/mol. The number of rotatable bonds is 5. The van der Waals surface area contributed by atoms with Gasteiger partial charge in [0, 0.05) is 5.69 Å². The first kappa shape index (κ1) is 16.3. The number of hydrogen-bond donors (Lipinski definition) is 3. The maximum atomic E-state index is 12.0. The first-order valence-electron chi connectivity index (χ1n) is 7.39. The van der Waals surface area contributed by atoms with Crippen molar-refractivity contribution in [2.24, 2.45) is 0 Å². The number of aromatic amines is 2. The number of amides is 1. The van der Waals surface area contributed by atoms with Gasteiger partial charge < -0.3 is 24.8 Å². The summed E-state index contributed by atoms with van der Waals surface area (Å²) in [5.74, 6) is 0.611. The molecule has 0 atom stereocenters. The van der Waals surface area contributed by atoms with Crippen LogP contribution in [0, 0.1) is 0 Å². The third-order valence-electron chi connectivity index (χ3n) is 3.43. The summed E-state index contributed by atoms with van der Waals surface area (Å²) < 4.78 is 10.6. The van der Waals surface area contributed by atoms with Crippen LogP contribution in [0.2, 0.25) is 0 Å².